The minimum atomic E-state index is -0.142. The van der Waals surface area contributed by atoms with E-state index in [1.54, 1.807) is 28.8 Å². The van der Waals surface area contributed by atoms with E-state index in [0.29, 0.717) is 21.5 Å². The highest BCUT2D eigenvalue weighted by Gasteiger charge is 2.15. The van der Waals surface area contributed by atoms with E-state index in [1.165, 1.54) is 22.9 Å². The van der Waals surface area contributed by atoms with Gasteiger partial charge in [-0.15, -0.1) is 10.2 Å². The summed E-state index contributed by atoms with van der Waals surface area (Å²) in [4.78, 5) is 12.3. The Kier molecular flexibility index (Phi) is 5.32. The van der Waals surface area contributed by atoms with E-state index in [0.717, 1.165) is 16.8 Å². The minimum Gasteiger partial charge on any atom is -0.325 e. The molecule has 0 radical (unpaired) electrons. The lowest BCUT2D eigenvalue weighted by molar-refractivity contribution is -0.113. The normalized spacial score (nSPS) is 11.3. The van der Waals surface area contributed by atoms with Crippen LogP contribution < -0.4 is 5.32 Å². The number of nitrogens with zero attached hydrogens (tertiary/aromatic N) is 5. The van der Waals surface area contributed by atoms with Crippen LogP contribution in [0, 0.1) is 13.8 Å². The highest BCUT2D eigenvalue weighted by molar-refractivity contribution is 7.99. The van der Waals surface area contributed by atoms with E-state index >= 15 is 0 Å². The van der Waals surface area contributed by atoms with Crippen molar-refractivity contribution in [1.82, 2.24) is 24.2 Å². The number of hydrogen-bond donors (Lipinski definition) is 1. The number of carbonyl (C=O) groups excluding carboxylic acids is 1. The van der Waals surface area contributed by atoms with Crippen LogP contribution >= 0.6 is 23.4 Å². The van der Waals surface area contributed by atoms with Gasteiger partial charge in [0.25, 0.3) is 0 Å². The van der Waals surface area contributed by atoms with Gasteiger partial charge in [0, 0.05) is 28.7 Å². The molecule has 9 heteroatoms. The van der Waals surface area contributed by atoms with Crippen molar-refractivity contribution in [3.8, 4) is 11.3 Å². The second-order valence-electron chi connectivity index (χ2n) is 7.50. The van der Waals surface area contributed by atoms with E-state index in [1.807, 2.05) is 22.9 Å². The monoisotopic (exact) mass is 462 g/mol. The van der Waals surface area contributed by atoms with Crippen molar-refractivity contribution < 1.29 is 4.79 Å². The second kappa shape index (κ2) is 8.29. The van der Waals surface area contributed by atoms with E-state index in [4.69, 9.17) is 16.7 Å². The third-order valence-electron chi connectivity index (χ3n) is 5.10. The number of anilines is 1. The summed E-state index contributed by atoms with van der Waals surface area (Å²) in [6, 6.07) is 15.4. The van der Waals surface area contributed by atoms with Crippen LogP contribution in [0.4, 0.5) is 5.69 Å². The van der Waals surface area contributed by atoms with Gasteiger partial charge in [0.1, 0.15) is 5.52 Å². The Hall–Kier alpha value is -3.36. The lowest BCUT2D eigenvalue weighted by atomic mass is 10.0. The van der Waals surface area contributed by atoms with Crippen LogP contribution in [0.15, 0.2) is 66.1 Å². The van der Waals surface area contributed by atoms with Gasteiger partial charge < -0.3 is 5.32 Å². The Labute approximate surface area is 193 Å². The Balaban J connectivity index is 1.40. The Bertz CT molecular complexity index is 1470. The summed E-state index contributed by atoms with van der Waals surface area (Å²) in [5, 5.41) is 17.4. The fourth-order valence-corrected chi connectivity index (χ4v) is 4.43. The highest BCUT2D eigenvalue weighted by Crippen LogP contribution is 2.27. The first kappa shape index (κ1) is 20.5. The molecule has 0 aliphatic carbocycles. The van der Waals surface area contributed by atoms with Gasteiger partial charge in [-0.1, -0.05) is 47.1 Å². The molecule has 1 N–H and O–H groups in total. The summed E-state index contributed by atoms with van der Waals surface area (Å²) >= 11 is 7.29. The van der Waals surface area contributed by atoms with Gasteiger partial charge in [-0.3, -0.25) is 9.20 Å². The topological polar surface area (TPSA) is 76.6 Å². The van der Waals surface area contributed by atoms with Crippen molar-refractivity contribution in [2.24, 2.45) is 0 Å². The van der Waals surface area contributed by atoms with Crippen molar-refractivity contribution in [3.63, 3.8) is 0 Å². The first-order chi connectivity index (χ1) is 15.5. The highest BCUT2D eigenvalue weighted by atomic mass is 35.5. The molecule has 7 nitrogen and oxygen atoms in total. The first-order valence-electron chi connectivity index (χ1n) is 9.97. The summed E-state index contributed by atoms with van der Waals surface area (Å²) in [5.41, 5.74) is 6.54. The maximum atomic E-state index is 12.3. The number of nitrogens with one attached hydrogen (secondary N) is 1. The molecule has 3 aromatic heterocycles. The zero-order valence-corrected chi connectivity index (χ0v) is 19.0. The number of fused-ring (bicyclic) bond motifs is 3. The molecule has 1 amide bonds. The number of carbonyl (C=O) groups is 1. The van der Waals surface area contributed by atoms with Crippen LogP contribution in [-0.4, -0.2) is 35.9 Å². The standard InChI is InChI=1S/C23H19ClN6OS/c1-14-6-7-15(2)18(10-14)19-12-20-22-26-27-23(29(22)8-9-30(20)28-19)32-13-21(31)25-17-5-3-4-16(24)11-17/h3-12H,13H2,1-2H3,(H,25,31). The predicted octanol–water partition coefficient (Wildman–Crippen LogP) is 5.05. The van der Waals surface area contributed by atoms with Crippen LogP contribution in [0.1, 0.15) is 11.1 Å². The Morgan fingerprint density at radius 2 is 1.97 bits per heavy atom. The van der Waals surface area contributed by atoms with Gasteiger partial charge in [0.05, 0.1) is 11.4 Å². The molecule has 3 heterocycles. The summed E-state index contributed by atoms with van der Waals surface area (Å²) in [7, 11) is 0. The number of thioether (sulfide) groups is 1. The van der Waals surface area contributed by atoms with Crippen molar-refractivity contribution >= 4 is 46.1 Å². The molecule has 0 unspecified atom stereocenters. The number of aromatic nitrogens is 5. The SMILES string of the molecule is Cc1ccc(C)c(-c2cc3c4nnc(SCC(=O)Nc5cccc(Cl)c5)n4ccn3n2)c1. The molecule has 32 heavy (non-hydrogen) atoms. The molecule has 0 bridgehead atoms. The lowest BCUT2D eigenvalue weighted by Crippen LogP contribution is -2.14. The zero-order chi connectivity index (χ0) is 22.2. The molecule has 2 aromatic carbocycles. The predicted molar refractivity (Wildman–Crippen MR) is 127 cm³/mol. The molecule has 5 rings (SSSR count). The Morgan fingerprint density at radius 3 is 2.81 bits per heavy atom. The summed E-state index contributed by atoms with van der Waals surface area (Å²) in [6.07, 6.45) is 3.73. The van der Waals surface area contributed by atoms with Crippen molar-refractivity contribution in [2.45, 2.75) is 19.0 Å². The molecule has 0 atom stereocenters. The lowest BCUT2D eigenvalue weighted by Gasteiger charge is -2.05. The molecule has 5 aromatic rings. The van der Waals surface area contributed by atoms with Crippen LogP contribution in [-0.2, 0) is 4.79 Å². The third-order valence-corrected chi connectivity index (χ3v) is 6.27. The van der Waals surface area contributed by atoms with E-state index < -0.39 is 0 Å². The quantitative estimate of drug-likeness (QED) is 0.370. The van der Waals surface area contributed by atoms with E-state index in [-0.39, 0.29) is 11.7 Å². The number of benzene rings is 2. The van der Waals surface area contributed by atoms with Gasteiger partial charge >= 0.3 is 0 Å². The zero-order valence-electron chi connectivity index (χ0n) is 17.4. The third kappa shape index (κ3) is 3.94. The van der Waals surface area contributed by atoms with Crippen LogP contribution in [0.5, 0.6) is 0 Å². The smallest absolute Gasteiger partial charge is 0.234 e. The van der Waals surface area contributed by atoms with Crippen molar-refractivity contribution in [2.75, 3.05) is 11.1 Å². The maximum Gasteiger partial charge on any atom is 0.234 e. The second-order valence-corrected chi connectivity index (χ2v) is 8.88. The van der Waals surface area contributed by atoms with Crippen LogP contribution in [0.2, 0.25) is 5.02 Å². The van der Waals surface area contributed by atoms with Gasteiger partial charge in [-0.05, 0) is 49.7 Å². The molecule has 0 fully saturated rings. The Morgan fingerprint density at radius 1 is 1.09 bits per heavy atom. The van der Waals surface area contributed by atoms with Gasteiger partial charge in [-0.25, -0.2) is 4.52 Å². The van der Waals surface area contributed by atoms with Crippen molar-refractivity contribution in [3.05, 3.63) is 77.1 Å². The van der Waals surface area contributed by atoms with Gasteiger partial charge in [-0.2, -0.15) is 5.10 Å². The molecular formula is C23H19ClN6OS. The number of hydrogen-bond acceptors (Lipinski definition) is 5. The van der Waals surface area contributed by atoms with E-state index in [2.05, 4.69) is 47.6 Å². The molecular weight excluding hydrogens is 444 g/mol. The van der Waals surface area contributed by atoms with Gasteiger partial charge in [0.2, 0.25) is 5.91 Å². The number of halogens is 1. The maximum absolute atomic E-state index is 12.3. The number of amides is 1. The molecule has 0 aliphatic heterocycles. The largest absolute Gasteiger partial charge is 0.325 e. The number of aryl methyl sites for hydroxylation is 2. The summed E-state index contributed by atoms with van der Waals surface area (Å²) in [6.45, 7) is 4.15. The molecule has 0 spiro atoms. The fourth-order valence-electron chi connectivity index (χ4n) is 3.53. The molecule has 0 saturated carbocycles. The average molecular weight is 463 g/mol. The number of rotatable bonds is 5. The fraction of sp³-hybridized carbons (Fsp3) is 0.130. The molecule has 0 aliphatic rings. The molecule has 0 saturated heterocycles. The summed E-state index contributed by atoms with van der Waals surface area (Å²) < 4.78 is 3.68. The van der Waals surface area contributed by atoms with Crippen molar-refractivity contribution in [1.29, 1.82) is 0 Å². The minimum absolute atomic E-state index is 0.142. The summed E-state index contributed by atoms with van der Waals surface area (Å²) in [5.74, 6) is 0.0579. The first-order valence-corrected chi connectivity index (χ1v) is 11.3. The van der Waals surface area contributed by atoms with Crippen LogP contribution in [0.25, 0.3) is 22.4 Å². The van der Waals surface area contributed by atoms with Crippen LogP contribution in [0.3, 0.4) is 0 Å². The average Bonchev–Trinajstić information content (AvgIpc) is 3.37. The van der Waals surface area contributed by atoms with E-state index in [9.17, 15) is 4.79 Å². The van der Waals surface area contributed by atoms with Gasteiger partial charge in [0.15, 0.2) is 10.8 Å². The molecule has 160 valence electrons.